The average Bonchev–Trinajstić information content (AvgIpc) is 3.13. The van der Waals surface area contributed by atoms with Gasteiger partial charge in [0.2, 0.25) is 11.0 Å². The third kappa shape index (κ3) is 5.57. The number of thioether (sulfide) groups is 1. The maximum atomic E-state index is 13.0. The Morgan fingerprint density at radius 1 is 1.03 bits per heavy atom. The predicted octanol–water partition coefficient (Wildman–Crippen LogP) is 4.85. The highest BCUT2D eigenvalue weighted by atomic mass is 32.2. The van der Waals surface area contributed by atoms with Crippen LogP contribution < -0.4 is 10.6 Å². The van der Waals surface area contributed by atoms with Gasteiger partial charge >= 0.3 is 6.18 Å². The van der Waals surface area contributed by atoms with E-state index in [0.717, 1.165) is 34.7 Å². The fourth-order valence-electron chi connectivity index (χ4n) is 2.46. The molecule has 0 radical (unpaired) electrons. The third-order valence-corrected chi connectivity index (χ3v) is 5.82. The molecule has 0 bridgehead atoms. The lowest BCUT2D eigenvalue weighted by molar-refractivity contribution is -0.137. The second-order valence-electron chi connectivity index (χ2n) is 6.02. The molecule has 0 spiro atoms. The van der Waals surface area contributed by atoms with Crippen LogP contribution in [0.2, 0.25) is 0 Å². The van der Waals surface area contributed by atoms with Gasteiger partial charge in [-0.15, -0.1) is 10.2 Å². The van der Waals surface area contributed by atoms with E-state index in [2.05, 4.69) is 20.8 Å². The van der Waals surface area contributed by atoms with E-state index in [4.69, 9.17) is 0 Å². The maximum absolute atomic E-state index is 13.0. The minimum absolute atomic E-state index is 0.160. The number of nitrogens with one attached hydrogen (secondary N) is 2. The summed E-state index contributed by atoms with van der Waals surface area (Å²) in [6.45, 7) is 1.81. The number of anilines is 2. The number of rotatable bonds is 6. The Balaban J connectivity index is 1.56. The van der Waals surface area contributed by atoms with Crippen LogP contribution >= 0.6 is 23.1 Å². The molecule has 11 heteroatoms. The molecule has 1 heterocycles. The molecule has 156 valence electrons. The second kappa shape index (κ2) is 9.26. The number of hydrogen-bond acceptors (Lipinski definition) is 6. The third-order valence-electron chi connectivity index (χ3n) is 3.85. The van der Waals surface area contributed by atoms with Crippen LogP contribution in [0, 0.1) is 6.92 Å². The van der Waals surface area contributed by atoms with Crippen LogP contribution in [-0.4, -0.2) is 27.8 Å². The van der Waals surface area contributed by atoms with Crippen molar-refractivity contribution in [2.24, 2.45) is 0 Å². The second-order valence-corrected chi connectivity index (χ2v) is 8.22. The van der Waals surface area contributed by atoms with Crippen LogP contribution in [0.1, 0.15) is 21.5 Å². The van der Waals surface area contributed by atoms with E-state index in [1.165, 1.54) is 18.2 Å². The van der Waals surface area contributed by atoms with Gasteiger partial charge in [-0.05, 0) is 30.7 Å². The maximum Gasteiger partial charge on any atom is 0.418 e. The Morgan fingerprint density at radius 2 is 1.73 bits per heavy atom. The lowest BCUT2D eigenvalue weighted by Gasteiger charge is -2.13. The van der Waals surface area contributed by atoms with Gasteiger partial charge in [-0.3, -0.25) is 14.9 Å². The predicted molar refractivity (Wildman–Crippen MR) is 110 cm³/mol. The zero-order chi connectivity index (χ0) is 21.7. The molecular weight excluding hydrogens is 437 g/mol. The number of halogens is 3. The number of carbonyl (C=O) groups excluding carboxylic acids is 2. The highest BCUT2D eigenvalue weighted by molar-refractivity contribution is 8.01. The first-order valence-electron chi connectivity index (χ1n) is 8.53. The molecule has 3 rings (SSSR count). The summed E-state index contributed by atoms with van der Waals surface area (Å²) in [6.07, 6.45) is -4.57. The van der Waals surface area contributed by atoms with Crippen LogP contribution in [0.3, 0.4) is 0 Å². The molecule has 0 fully saturated rings. The van der Waals surface area contributed by atoms with E-state index in [1.807, 2.05) is 19.1 Å². The first-order valence-corrected chi connectivity index (χ1v) is 10.3. The molecule has 2 aromatic carbocycles. The average molecular weight is 452 g/mol. The Kier molecular flexibility index (Phi) is 6.73. The van der Waals surface area contributed by atoms with Gasteiger partial charge in [0.05, 0.1) is 17.0 Å². The van der Waals surface area contributed by atoms with Gasteiger partial charge in [0.1, 0.15) is 0 Å². The normalized spacial score (nSPS) is 11.2. The molecule has 1 aromatic heterocycles. The summed E-state index contributed by atoms with van der Waals surface area (Å²) in [4.78, 5) is 24.4. The van der Waals surface area contributed by atoms with E-state index in [0.29, 0.717) is 9.90 Å². The van der Waals surface area contributed by atoms with Gasteiger partial charge in [0, 0.05) is 5.56 Å². The highest BCUT2D eigenvalue weighted by Gasteiger charge is 2.33. The summed E-state index contributed by atoms with van der Waals surface area (Å²) in [5.41, 5.74) is 0.0917. The standard InChI is InChI=1S/C19H15F3N4O2S2/c1-11-6-2-3-7-12(11)16(28)24-17-25-26-18(30-17)29-10-15(27)23-14-9-5-4-8-13(14)19(20,21)22/h2-9H,10H2,1H3,(H,23,27)(H,24,25,28). The number of aryl methyl sites for hydroxylation is 1. The minimum Gasteiger partial charge on any atom is -0.325 e. The molecule has 2 amide bonds. The van der Waals surface area contributed by atoms with Crippen molar-refractivity contribution in [2.75, 3.05) is 16.4 Å². The van der Waals surface area contributed by atoms with Crippen molar-refractivity contribution in [1.29, 1.82) is 0 Å². The number of para-hydroxylation sites is 1. The highest BCUT2D eigenvalue weighted by Crippen LogP contribution is 2.34. The summed E-state index contributed by atoms with van der Waals surface area (Å²) >= 11 is 2.07. The van der Waals surface area contributed by atoms with Crippen LogP contribution in [0.4, 0.5) is 24.0 Å². The minimum atomic E-state index is -4.57. The summed E-state index contributed by atoms with van der Waals surface area (Å²) in [5.74, 6) is -1.10. The Morgan fingerprint density at radius 3 is 2.47 bits per heavy atom. The van der Waals surface area contributed by atoms with Crippen molar-refractivity contribution in [3.63, 3.8) is 0 Å². The van der Waals surface area contributed by atoms with E-state index in [1.54, 1.807) is 12.1 Å². The van der Waals surface area contributed by atoms with Crippen LogP contribution in [0.5, 0.6) is 0 Å². The number of benzene rings is 2. The SMILES string of the molecule is Cc1ccccc1C(=O)Nc1nnc(SCC(=O)Nc2ccccc2C(F)(F)F)s1. The van der Waals surface area contributed by atoms with Crippen LogP contribution in [-0.2, 0) is 11.0 Å². The van der Waals surface area contributed by atoms with Gasteiger partial charge in [0.25, 0.3) is 5.91 Å². The molecule has 0 saturated heterocycles. The molecule has 0 saturated carbocycles. The Hall–Kier alpha value is -2.92. The lowest BCUT2D eigenvalue weighted by Crippen LogP contribution is -2.18. The summed E-state index contributed by atoms with van der Waals surface area (Å²) in [5, 5.41) is 12.9. The zero-order valence-electron chi connectivity index (χ0n) is 15.5. The van der Waals surface area contributed by atoms with E-state index in [9.17, 15) is 22.8 Å². The largest absolute Gasteiger partial charge is 0.418 e. The lowest BCUT2D eigenvalue weighted by atomic mass is 10.1. The number of hydrogen-bond donors (Lipinski definition) is 2. The van der Waals surface area contributed by atoms with Crippen molar-refractivity contribution >= 4 is 45.7 Å². The fraction of sp³-hybridized carbons (Fsp3) is 0.158. The molecule has 0 aliphatic rings. The van der Waals surface area contributed by atoms with E-state index in [-0.39, 0.29) is 22.5 Å². The molecule has 6 nitrogen and oxygen atoms in total. The van der Waals surface area contributed by atoms with Gasteiger partial charge in [-0.1, -0.05) is 53.4 Å². The topological polar surface area (TPSA) is 84.0 Å². The molecule has 0 atom stereocenters. The summed E-state index contributed by atoms with van der Waals surface area (Å²) in [6, 6.07) is 11.8. The molecular formula is C19H15F3N4O2S2. The van der Waals surface area contributed by atoms with Gasteiger partial charge < -0.3 is 5.32 Å². The van der Waals surface area contributed by atoms with Crippen molar-refractivity contribution in [3.8, 4) is 0 Å². The quantitative estimate of drug-likeness (QED) is 0.413. The van der Waals surface area contributed by atoms with Gasteiger partial charge in [-0.25, -0.2) is 0 Å². The van der Waals surface area contributed by atoms with Gasteiger partial charge in [0.15, 0.2) is 4.34 Å². The van der Waals surface area contributed by atoms with Crippen LogP contribution in [0.15, 0.2) is 52.9 Å². The zero-order valence-corrected chi connectivity index (χ0v) is 17.1. The Labute approximate surface area is 177 Å². The summed E-state index contributed by atoms with van der Waals surface area (Å²) in [7, 11) is 0. The monoisotopic (exact) mass is 452 g/mol. The van der Waals surface area contributed by atoms with Crippen molar-refractivity contribution in [1.82, 2.24) is 10.2 Å². The van der Waals surface area contributed by atoms with Crippen molar-refractivity contribution in [3.05, 3.63) is 65.2 Å². The smallest absolute Gasteiger partial charge is 0.325 e. The number of aromatic nitrogens is 2. The molecule has 0 unspecified atom stereocenters. The molecule has 0 aliphatic heterocycles. The first-order chi connectivity index (χ1) is 14.2. The van der Waals surface area contributed by atoms with Crippen molar-refractivity contribution < 1.29 is 22.8 Å². The Bertz CT molecular complexity index is 1070. The molecule has 30 heavy (non-hydrogen) atoms. The number of nitrogens with zero attached hydrogens (tertiary/aromatic N) is 2. The fourth-order valence-corrected chi connectivity index (χ4v) is 4.01. The van der Waals surface area contributed by atoms with Gasteiger partial charge in [-0.2, -0.15) is 13.2 Å². The van der Waals surface area contributed by atoms with E-state index < -0.39 is 17.6 Å². The molecule has 0 aliphatic carbocycles. The molecule has 3 aromatic rings. The number of amides is 2. The van der Waals surface area contributed by atoms with Crippen molar-refractivity contribution in [2.45, 2.75) is 17.4 Å². The summed E-state index contributed by atoms with van der Waals surface area (Å²) < 4.78 is 39.4. The van der Waals surface area contributed by atoms with E-state index >= 15 is 0 Å². The number of carbonyl (C=O) groups is 2. The first kappa shape index (κ1) is 21.8. The number of alkyl halides is 3. The van der Waals surface area contributed by atoms with Crippen LogP contribution in [0.25, 0.3) is 0 Å². The molecule has 2 N–H and O–H groups in total.